The van der Waals surface area contributed by atoms with E-state index in [2.05, 4.69) is 26.1 Å². The van der Waals surface area contributed by atoms with Crippen molar-refractivity contribution in [3.8, 4) is 10.8 Å². The highest BCUT2D eigenvalue weighted by atomic mass is 79.9. The van der Waals surface area contributed by atoms with Gasteiger partial charge in [0.2, 0.25) is 5.89 Å². The van der Waals surface area contributed by atoms with E-state index in [-0.39, 0.29) is 0 Å². The van der Waals surface area contributed by atoms with Gasteiger partial charge in [-0.2, -0.15) is 0 Å². The van der Waals surface area contributed by atoms with Crippen LogP contribution in [0.4, 0.5) is 0 Å². The molecule has 6 nitrogen and oxygen atoms in total. The standard InChI is InChI=1S/C10H10BrN3O3S2/c11-7-2-1-6(19-7)9-14-13-8(17-9)4-18-3-5(12)10(15)16/h1-2,5H,3-4,12H2,(H,15,16)/t5-/m0/s1. The number of hydrogen-bond acceptors (Lipinski definition) is 7. The van der Waals surface area contributed by atoms with E-state index in [0.29, 0.717) is 23.3 Å². The number of carboxylic acids is 1. The Labute approximate surface area is 125 Å². The molecule has 3 N–H and O–H groups in total. The van der Waals surface area contributed by atoms with Crippen molar-refractivity contribution in [1.82, 2.24) is 10.2 Å². The fourth-order valence-electron chi connectivity index (χ4n) is 1.19. The smallest absolute Gasteiger partial charge is 0.321 e. The number of thioether (sulfide) groups is 1. The Hall–Kier alpha value is -0.900. The number of hydrogen-bond donors (Lipinski definition) is 2. The molecule has 0 radical (unpaired) electrons. The Balaban J connectivity index is 1.89. The van der Waals surface area contributed by atoms with Crippen LogP contribution in [0.1, 0.15) is 5.89 Å². The monoisotopic (exact) mass is 363 g/mol. The minimum Gasteiger partial charge on any atom is -0.480 e. The van der Waals surface area contributed by atoms with Crippen LogP contribution < -0.4 is 5.73 Å². The second kappa shape index (κ2) is 6.51. The summed E-state index contributed by atoms with van der Waals surface area (Å²) in [6.45, 7) is 0. The van der Waals surface area contributed by atoms with Crippen LogP contribution in [0.25, 0.3) is 10.8 Å². The molecule has 1 atom stereocenters. The Morgan fingerprint density at radius 1 is 1.58 bits per heavy atom. The van der Waals surface area contributed by atoms with Crippen LogP contribution in [0.5, 0.6) is 0 Å². The number of aromatic nitrogens is 2. The Kier molecular flexibility index (Phi) is 4.97. The first-order valence-electron chi connectivity index (χ1n) is 5.20. The summed E-state index contributed by atoms with van der Waals surface area (Å²) < 4.78 is 6.47. The number of carbonyl (C=O) groups is 1. The molecule has 0 aliphatic carbocycles. The van der Waals surface area contributed by atoms with Crippen molar-refractivity contribution in [1.29, 1.82) is 0 Å². The first-order chi connectivity index (χ1) is 9.06. The molecule has 2 aromatic heterocycles. The highest BCUT2D eigenvalue weighted by molar-refractivity contribution is 9.11. The average Bonchev–Trinajstić information content (AvgIpc) is 2.97. The lowest BCUT2D eigenvalue weighted by molar-refractivity contribution is -0.137. The third-order valence-electron chi connectivity index (χ3n) is 2.09. The summed E-state index contributed by atoms with van der Waals surface area (Å²) >= 11 is 6.21. The highest BCUT2D eigenvalue weighted by Gasteiger charge is 2.14. The van der Waals surface area contributed by atoms with Crippen molar-refractivity contribution in [3.05, 3.63) is 21.8 Å². The zero-order valence-corrected chi connectivity index (χ0v) is 12.8. The normalized spacial score (nSPS) is 12.5. The number of thiophene rings is 1. The minimum atomic E-state index is -1.01. The fourth-order valence-corrected chi connectivity index (χ4v) is 3.30. The molecule has 0 saturated heterocycles. The molecule has 0 spiro atoms. The van der Waals surface area contributed by atoms with Crippen LogP contribution in [-0.2, 0) is 10.5 Å². The van der Waals surface area contributed by atoms with Gasteiger partial charge >= 0.3 is 5.97 Å². The van der Waals surface area contributed by atoms with E-state index < -0.39 is 12.0 Å². The lowest BCUT2D eigenvalue weighted by atomic mass is 10.4. The molecule has 19 heavy (non-hydrogen) atoms. The molecule has 0 saturated carbocycles. The summed E-state index contributed by atoms with van der Waals surface area (Å²) in [6.07, 6.45) is 0. The van der Waals surface area contributed by atoms with Gasteiger partial charge in [-0.15, -0.1) is 33.3 Å². The Morgan fingerprint density at radius 2 is 2.37 bits per heavy atom. The van der Waals surface area contributed by atoms with E-state index in [1.54, 1.807) is 0 Å². The zero-order valence-electron chi connectivity index (χ0n) is 9.58. The average molecular weight is 364 g/mol. The maximum absolute atomic E-state index is 10.5. The zero-order chi connectivity index (χ0) is 13.8. The van der Waals surface area contributed by atoms with Crippen molar-refractivity contribution in [2.24, 2.45) is 5.73 Å². The molecule has 0 aliphatic heterocycles. The number of halogens is 1. The summed E-state index contributed by atoms with van der Waals surface area (Å²) in [4.78, 5) is 11.4. The third-order valence-corrected chi connectivity index (χ3v) is 4.75. The predicted molar refractivity (Wildman–Crippen MR) is 77.1 cm³/mol. The van der Waals surface area contributed by atoms with Crippen LogP contribution in [-0.4, -0.2) is 33.1 Å². The van der Waals surface area contributed by atoms with Gasteiger partial charge in [-0.05, 0) is 28.1 Å². The van der Waals surface area contributed by atoms with Crippen molar-refractivity contribution in [2.45, 2.75) is 11.8 Å². The molecule has 102 valence electrons. The van der Waals surface area contributed by atoms with E-state index in [4.69, 9.17) is 15.3 Å². The van der Waals surface area contributed by atoms with Gasteiger partial charge in [0, 0.05) is 5.75 Å². The van der Waals surface area contributed by atoms with Gasteiger partial charge in [0.05, 0.1) is 14.4 Å². The van der Waals surface area contributed by atoms with Crippen LogP contribution in [0.2, 0.25) is 0 Å². The molecule has 2 rings (SSSR count). The van der Waals surface area contributed by atoms with Crippen LogP contribution in [0, 0.1) is 0 Å². The molecule has 0 fully saturated rings. The molecular weight excluding hydrogens is 354 g/mol. The first-order valence-corrected chi connectivity index (χ1v) is 7.97. The summed E-state index contributed by atoms with van der Waals surface area (Å²) in [5.41, 5.74) is 5.39. The van der Waals surface area contributed by atoms with Crippen molar-refractivity contribution in [2.75, 3.05) is 5.75 Å². The molecular formula is C10H10BrN3O3S2. The highest BCUT2D eigenvalue weighted by Crippen LogP contribution is 2.30. The summed E-state index contributed by atoms with van der Waals surface area (Å²) in [5, 5.41) is 16.5. The summed E-state index contributed by atoms with van der Waals surface area (Å²) in [5.74, 6) is 0.663. The van der Waals surface area contributed by atoms with Gasteiger partial charge in [-0.3, -0.25) is 4.79 Å². The van der Waals surface area contributed by atoms with Gasteiger partial charge in [0.25, 0.3) is 5.89 Å². The van der Waals surface area contributed by atoms with Gasteiger partial charge in [0.1, 0.15) is 6.04 Å². The van der Waals surface area contributed by atoms with Crippen molar-refractivity contribution in [3.63, 3.8) is 0 Å². The second-order valence-electron chi connectivity index (χ2n) is 3.56. The van der Waals surface area contributed by atoms with Gasteiger partial charge in [0.15, 0.2) is 0 Å². The topological polar surface area (TPSA) is 102 Å². The number of aliphatic carboxylic acids is 1. The van der Waals surface area contributed by atoms with Crippen LogP contribution in [0.15, 0.2) is 20.3 Å². The molecule has 0 aromatic carbocycles. The molecule has 9 heteroatoms. The van der Waals surface area contributed by atoms with Gasteiger partial charge in [-0.25, -0.2) is 0 Å². The van der Waals surface area contributed by atoms with E-state index in [0.717, 1.165) is 8.66 Å². The van der Waals surface area contributed by atoms with E-state index >= 15 is 0 Å². The minimum absolute atomic E-state index is 0.303. The molecule has 0 bridgehead atoms. The number of nitrogens with zero attached hydrogens (tertiary/aromatic N) is 2. The van der Waals surface area contributed by atoms with E-state index in [1.807, 2.05) is 12.1 Å². The quantitative estimate of drug-likeness (QED) is 0.810. The van der Waals surface area contributed by atoms with Crippen molar-refractivity contribution < 1.29 is 14.3 Å². The third kappa shape index (κ3) is 4.03. The first kappa shape index (κ1) is 14.5. The van der Waals surface area contributed by atoms with Crippen LogP contribution >= 0.6 is 39.0 Å². The number of rotatable bonds is 6. The summed E-state index contributed by atoms with van der Waals surface area (Å²) in [6, 6.07) is 2.92. The lowest BCUT2D eigenvalue weighted by Gasteiger charge is -2.03. The SMILES string of the molecule is N[C@@H](CSCc1nnc(-c2ccc(Br)s2)o1)C(=O)O. The molecule has 0 amide bonds. The largest absolute Gasteiger partial charge is 0.480 e. The second-order valence-corrected chi connectivity index (χ2v) is 7.06. The van der Waals surface area contributed by atoms with Gasteiger partial charge in [-0.1, -0.05) is 0 Å². The summed E-state index contributed by atoms with van der Waals surface area (Å²) in [7, 11) is 0. The molecule has 2 aromatic rings. The molecule has 0 unspecified atom stereocenters. The lowest BCUT2D eigenvalue weighted by Crippen LogP contribution is -2.32. The van der Waals surface area contributed by atoms with Crippen LogP contribution in [0.3, 0.4) is 0 Å². The Bertz CT molecular complexity index is 572. The maximum Gasteiger partial charge on any atom is 0.321 e. The maximum atomic E-state index is 10.5. The predicted octanol–water partition coefficient (Wildman–Crippen LogP) is 2.21. The van der Waals surface area contributed by atoms with E-state index in [1.165, 1.54) is 23.1 Å². The fraction of sp³-hybridized carbons (Fsp3) is 0.300. The number of nitrogens with two attached hydrogens (primary N) is 1. The van der Waals surface area contributed by atoms with Crippen molar-refractivity contribution >= 4 is 45.0 Å². The molecule has 0 aliphatic rings. The van der Waals surface area contributed by atoms with E-state index in [9.17, 15) is 4.79 Å². The van der Waals surface area contributed by atoms with Gasteiger partial charge < -0.3 is 15.3 Å². The molecule has 2 heterocycles. The Morgan fingerprint density at radius 3 is 3.00 bits per heavy atom. The number of carboxylic acid groups (broad SMARTS) is 1.